The second-order valence-electron chi connectivity index (χ2n) is 9.40. The van der Waals surface area contributed by atoms with Crippen LogP contribution in [0, 0.1) is 5.92 Å². The number of methoxy groups -OCH3 is 1. The Morgan fingerprint density at radius 3 is 2.31 bits per heavy atom. The molecule has 0 bridgehead atoms. The minimum atomic E-state index is -0.505. The molecule has 1 amide bonds. The van der Waals surface area contributed by atoms with Gasteiger partial charge in [0.1, 0.15) is 5.60 Å². The molecule has 0 spiro atoms. The number of piperidine rings is 1. The average molecular weight is 403 g/mol. The number of likely N-dealkylation sites (tertiary alicyclic amines) is 1. The van der Waals surface area contributed by atoms with E-state index in [1.54, 1.807) is 12.1 Å². The molecule has 6 heteroatoms. The number of ether oxygens (including phenoxy) is 2. The van der Waals surface area contributed by atoms with E-state index in [0.29, 0.717) is 17.4 Å². The summed E-state index contributed by atoms with van der Waals surface area (Å²) in [7, 11) is 3.53. The van der Waals surface area contributed by atoms with E-state index in [9.17, 15) is 9.59 Å². The highest BCUT2D eigenvalue weighted by Gasteiger charge is 2.46. The van der Waals surface area contributed by atoms with E-state index in [1.807, 2.05) is 37.8 Å². The van der Waals surface area contributed by atoms with Gasteiger partial charge < -0.3 is 19.3 Å². The summed E-state index contributed by atoms with van der Waals surface area (Å²) in [6, 6.07) is 7.70. The van der Waals surface area contributed by atoms with E-state index >= 15 is 0 Å². The van der Waals surface area contributed by atoms with Gasteiger partial charge in [0.05, 0.1) is 12.7 Å². The van der Waals surface area contributed by atoms with Crippen molar-refractivity contribution >= 4 is 12.1 Å². The molecule has 1 heterocycles. The van der Waals surface area contributed by atoms with Gasteiger partial charge in [0.15, 0.2) is 0 Å². The summed E-state index contributed by atoms with van der Waals surface area (Å²) in [5.74, 6) is 0.476. The van der Waals surface area contributed by atoms with Crippen LogP contribution in [0.1, 0.15) is 61.9 Å². The molecule has 2 fully saturated rings. The molecule has 6 nitrogen and oxygen atoms in total. The van der Waals surface area contributed by atoms with Crippen LogP contribution in [0.25, 0.3) is 0 Å². The summed E-state index contributed by atoms with van der Waals surface area (Å²) in [5, 5.41) is 0. The van der Waals surface area contributed by atoms with Crippen molar-refractivity contribution in [1.29, 1.82) is 0 Å². The highest BCUT2D eigenvalue weighted by atomic mass is 16.6. The van der Waals surface area contributed by atoms with E-state index in [2.05, 4.69) is 11.9 Å². The van der Waals surface area contributed by atoms with Gasteiger partial charge in [0.25, 0.3) is 0 Å². The second kappa shape index (κ2) is 8.74. The number of amides is 1. The summed E-state index contributed by atoms with van der Waals surface area (Å²) in [6.07, 6.45) is 2.95. The van der Waals surface area contributed by atoms with Gasteiger partial charge in [0.2, 0.25) is 0 Å². The molecule has 160 valence electrons. The molecule has 2 atom stereocenters. The Kier molecular flexibility index (Phi) is 6.52. The quantitative estimate of drug-likeness (QED) is 0.699. The fourth-order valence-corrected chi connectivity index (χ4v) is 4.06. The molecule has 1 aliphatic carbocycles. The van der Waals surface area contributed by atoms with Gasteiger partial charge in [0, 0.05) is 18.5 Å². The molecule has 1 aromatic carbocycles. The topological polar surface area (TPSA) is 59.1 Å². The Balaban J connectivity index is 1.69. The lowest BCUT2D eigenvalue weighted by Crippen LogP contribution is -2.43. The third kappa shape index (κ3) is 5.72. The van der Waals surface area contributed by atoms with Gasteiger partial charge in [-0.15, -0.1) is 0 Å². The molecule has 0 N–H and O–H groups in total. The maximum atomic E-state index is 13.0. The number of carbonyl (C=O) groups is 2. The Hall–Kier alpha value is -2.08. The number of nitrogens with zero attached hydrogens (tertiary/aromatic N) is 2. The largest absolute Gasteiger partial charge is 0.465 e. The van der Waals surface area contributed by atoms with Crippen LogP contribution in [-0.4, -0.2) is 67.3 Å². The third-order valence-corrected chi connectivity index (χ3v) is 5.84. The van der Waals surface area contributed by atoms with E-state index in [0.717, 1.165) is 44.5 Å². The van der Waals surface area contributed by atoms with Crippen molar-refractivity contribution in [2.24, 2.45) is 5.92 Å². The van der Waals surface area contributed by atoms with Gasteiger partial charge in [-0.3, -0.25) is 0 Å². The van der Waals surface area contributed by atoms with Crippen molar-refractivity contribution in [2.75, 3.05) is 33.8 Å². The molecule has 2 unspecified atom stereocenters. The number of esters is 1. The first kappa shape index (κ1) is 21.6. The van der Waals surface area contributed by atoms with E-state index in [-0.39, 0.29) is 18.1 Å². The Bertz CT molecular complexity index is 717. The lowest BCUT2D eigenvalue weighted by Gasteiger charge is -2.34. The summed E-state index contributed by atoms with van der Waals surface area (Å²) < 4.78 is 10.5. The smallest absolute Gasteiger partial charge is 0.410 e. The van der Waals surface area contributed by atoms with Crippen LogP contribution in [0.2, 0.25) is 0 Å². The first-order valence-corrected chi connectivity index (χ1v) is 10.5. The van der Waals surface area contributed by atoms with Crippen LogP contribution in [-0.2, 0) is 9.47 Å². The van der Waals surface area contributed by atoms with Crippen LogP contribution in [0.4, 0.5) is 4.79 Å². The number of rotatable bonds is 5. The summed E-state index contributed by atoms with van der Waals surface area (Å²) in [5.41, 5.74) is 1.19. The lowest BCUT2D eigenvalue weighted by atomic mass is 9.96. The lowest BCUT2D eigenvalue weighted by molar-refractivity contribution is 0.0176. The van der Waals surface area contributed by atoms with Crippen LogP contribution in [0.3, 0.4) is 0 Å². The predicted octanol–water partition coefficient (Wildman–Crippen LogP) is 3.91. The minimum Gasteiger partial charge on any atom is -0.465 e. The van der Waals surface area contributed by atoms with Gasteiger partial charge in [-0.1, -0.05) is 12.1 Å². The highest BCUT2D eigenvalue weighted by molar-refractivity contribution is 5.89. The van der Waals surface area contributed by atoms with Crippen molar-refractivity contribution in [3.8, 4) is 0 Å². The number of carbonyl (C=O) groups excluding carboxylic acids is 2. The molecular weight excluding hydrogens is 368 g/mol. The first-order chi connectivity index (χ1) is 13.7. The van der Waals surface area contributed by atoms with Crippen molar-refractivity contribution in [1.82, 2.24) is 9.80 Å². The first-order valence-electron chi connectivity index (χ1n) is 10.5. The normalized spacial score (nSPS) is 22.8. The van der Waals surface area contributed by atoms with Crippen LogP contribution >= 0.6 is 0 Å². The van der Waals surface area contributed by atoms with Gasteiger partial charge in [-0.2, -0.15) is 0 Å². The molecule has 3 rings (SSSR count). The number of benzene rings is 1. The zero-order valence-corrected chi connectivity index (χ0v) is 18.3. The van der Waals surface area contributed by atoms with Gasteiger partial charge in [-0.25, -0.2) is 9.59 Å². The van der Waals surface area contributed by atoms with Crippen LogP contribution < -0.4 is 0 Å². The van der Waals surface area contributed by atoms with Crippen molar-refractivity contribution in [2.45, 2.75) is 57.6 Å². The Labute approximate surface area is 174 Å². The molecule has 1 aromatic rings. The summed E-state index contributed by atoms with van der Waals surface area (Å²) >= 11 is 0. The standard InChI is InChI=1S/C23H34N2O4/c1-23(2,3)29-22(27)25(15-16-10-12-24(4)13-11-16)20-14-19(20)17-6-8-18(9-7-17)21(26)28-5/h6-9,16,19-20H,10-15H2,1-5H3. The SMILES string of the molecule is COC(=O)c1ccc(C2CC2N(CC2CCN(C)CC2)C(=O)OC(C)(C)C)cc1. The van der Waals surface area contributed by atoms with E-state index in [4.69, 9.17) is 9.47 Å². The Morgan fingerprint density at radius 1 is 1.14 bits per heavy atom. The molecule has 0 radical (unpaired) electrons. The predicted molar refractivity (Wildman–Crippen MR) is 112 cm³/mol. The van der Waals surface area contributed by atoms with Crippen molar-refractivity contribution in [3.63, 3.8) is 0 Å². The second-order valence-corrected chi connectivity index (χ2v) is 9.40. The number of hydrogen-bond donors (Lipinski definition) is 0. The van der Waals surface area contributed by atoms with Crippen molar-refractivity contribution < 1.29 is 19.1 Å². The highest BCUT2D eigenvalue weighted by Crippen LogP contribution is 2.45. The number of hydrogen-bond acceptors (Lipinski definition) is 5. The summed E-state index contributed by atoms with van der Waals surface area (Å²) in [4.78, 5) is 28.9. The van der Waals surface area contributed by atoms with E-state index in [1.165, 1.54) is 7.11 Å². The molecular formula is C23H34N2O4. The Morgan fingerprint density at radius 2 is 1.76 bits per heavy atom. The maximum absolute atomic E-state index is 13.0. The monoisotopic (exact) mass is 402 g/mol. The van der Waals surface area contributed by atoms with Crippen LogP contribution in [0.5, 0.6) is 0 Å². The molecule has 2 aliphatic rings. The summed E-state index contributed by atoms with van der Waals surface area (Å²) in [6.45, 7) is 8.65. The minimum absolute atomic E-state index is 0.161. The zero-order chi connectivity index (χ0) is 21.2. The van der Waals surface area contributed by atoms with Gasteiger partial charge in [-0.05, 0) is 83.8 Å². The maximum Gasteiger partial charge on any atom is 0.410 e. The molecule has 1 saturated carbocycles. The molecule has 1 aliphatic heterocycles. The van der Waals surface area contributed by atoms with Crippen molar-refractivity contribution in [3.05, 3.63) is 35.4 Å². The fraction of sp³-hybridized carbons (Fsp3) is 0.652. The van der Waals surface area contributed by atoms with Crippen LogP contribution in [0.15, 0.2) is 24.3 Å². The van der Waals surface area contributed by atoms with Gasteiger partial charge >= 0.3 is 12.1 Å². The molecule has 1 saturated heterocycles. The average Bonchev–Trinajstić information content (AvgIpc) is 3.46. The third-order valence-electron chi connectivity index (χ3n) is 5.84. The molecule has 0 aromatic heterocycles. The zero-order valence-electron chi connectivity index (χ0n) is 18.3. The van der Waals surface area contributed by atoms with E-state index < -0.39 is 5.60 Å². The molecule has 29 heavy (non-hydrogen) atoms. The fourth-order valence-electron chi connectivity index (χ4n) is 4.06.